The molecule has 0 saturated carbocycles. The first-order valence-corrected chi connectivity index (χ1v) is 6.51. The summed E-state index contributed by atoms with van der Waals surface area (Å²) in [5.41, 5.74) is 4.70. The van der Waals surface area contributed by atoms with Crippen molar-refractivity contribution >= 4 is 5.91 Å². The predicted octanol–water partition coefficient (Wildman–Crippen LogP) is 2.08. The Kier molecular flexibility index (Phi) is 2.92. The quantitative estimate of drug-likeness (QED) is 0.765. The van der Waals surface area contributed by atoms with Gasteiger partial charge in [0.15, 0.2) is 0 Å². The largest absolute Gasteiger partial charge is 0.334 e. The number of amides is 1. The van der Waals surface area contributed by atoms with Gasteiger partial charge in [-0.3, -0.25) is 4.79 Å². The molecule has 2 aliphatic heterocycles. The van der Waals surface area contributed by atoms with Gasteiger partial charge in [-0.1, -0.05) is 17.7 Å². The molecule has 0 aromatic heterocycles. The molecule has 3 nitrogen and oxygen atoms in total. The average Bonchev–Trinajstić information content (AvgIpc) is 2.85. The Hall–Kier alpha value is -1.61. The summed E-state index contributed by atoms with van der Waals surface area (Å²) in [6.45, 7) is 5.51. The van der Waals surface area contributed by atoms with Gasteiger partial charge in [-0.25, -0.2) is 0 Å². The lowest BCUT2D eigenvalue weighted by Gasteiger charge is -2.26. The molecule has 0 bridgehead atoms. The Labute approximate surface area is 107 Å². The van der Waals surface area contributed by atoms with Crippen molar-refractivity contribution < 1.29 is 4.79 Å². The molecular weight excluding hydrogens is 224 g/mol. The number of hydrogen-bond acceptors (Lipinski definition) is 2. The van der Waals surface area contributed by atoms with Gasteiger partial charge in [0.2, 0.25) is 0 Å². The molecular formula is C15H18N2O. The Bertz CT molecular complexity index is 519. The van der Waals surface area contributed by atoms with Crippen molar-refractivity contribution in [3.05, 3.63) is 46.5 Å². The first-order valence-electron chi connectivity index (χ1n) is 6.51. The third kappa shape index (κ3) is 2.06. The molecule has 0 atom stereocenters. The predicted molar refractivity (Wildman–Crippen MR) is 71.3 cm³/mol. The van der Waals surface area contributed by atoms with Gasteiger partial charge in [-0.05, 0) is 36.6 Å². The Morgan fingerprint density at radius 3 is 2.94 bits per heavy atom. The maximum atomic E-state index is 12.4. The Balaban J connectivity index is 1.82. The van der Waals surface area contributed by atoms with Crippen LogP contribution in [0.3, 0.4) is 0 Å². The second kappa shape index (κ2) is 4.58. The summed E-state index contributed by atoms with van der Waals surface area (Å²) < 4.78 is 0. The van der Waals surface area contributed by atoms with Crippen LogP contribution in [-0.2, 0) is 13.1 Å². The number of hydrogen-bond donors (Lipinski definition) is 1. The molecule has 1 amide bonds. The van der Waals surface area contributed by atoms with Crippen LogP contribution in [0.25, 0.3) is 0 Å². The monoisotopic (exact) mass is 242 g/mol. The van der Waals surface area contributed by atoms with E-state index in [4.69, 9.17) is 0 Å². The molecule has 2 heterocycles. The van der Waals surface area contributed by atoms with Crippen LogP contribution in [0.2, 0.25) is 0 Å². The van der Waals surface area contributed by atoms with Gasteiger partial charge >= 0.3 is 0 Å². The number of fused-ring (bicyclic) bond motifs is 1. The third-order valence-corrected chi connectivity index (χ3v) is 3.70. The van der Waals surface area contributed by atoms with Crippen LogP contribution in [0.4, 0.5) is 0 Å². The fourth-order valence-electron chi connectivity index (χ4n) is 2.70. The minimum absolute atomic E-state index is 0.164. The van der Waals surface area contributed by atoms with Crippen molar-refractivity contribution in [1.82, 2.24) is 10.2 Å². The van der Waals surface area contributed by atoms with Gasteiger partial charge in [-0.2, -0.15) is 0 Å². The van der Waals surface area contributed by atoms with Crippen LogP contribution >= 0.6 is 0 Å². The zero-order valence-electron chi connectivity index (χ0n) is 10.7. The van der Waals surface area contributed by atoms with Gasteiger partial charge in [-0.15, -0.1) is 0 Å². The van der Waals surface area contributed by atoms with Gasteiger partial charge in [0, 0.05) is 31.7 Å². The van der Waals surface area contributed by atoms with Crippen molar-refractivity contribution in [3.63, 3.8) is 0 Å². The summed E-state index contributed by atoms with van der Waals surface area (Å²) in [5.74, 6) is 0.164. The summed E-state index contributed by atoms with van der Waals surface area (Å²) in [7, 11) is 0. The van der Waals surface area contributed by atoms with E-state index >= 15 is 0 Å². The highest BCUT2D eigenvalue weighted by atomic mass is 16.2. The van der Waals surface area contributed by atoms with Crippen LogP contribution in [0, 0.1) is 0 Å². The molecule has 0 aliphatic carbocycles. The maximum absolute atomic E-state index is 12.4. The third-order valence-electron chi connectivity index (χ3n) is 3.70. The second-order valence-corrected chi connectivity index (χ2v) is 5.15. The number of rotatable bonds is 1. The van der Waals surface area contributed by atoms with Crippen molar-refractivity contribution in [1.29, 1.82) is 0 Å². The molecule has 0 fully saturated rings. The smallest absolute Gasteiger partial charge is 0.254 e. The standard InChI is InChI=1S/C15H18N2O/c1-11-3-2-6-17(10-11)15(18)12-4-5-13-8-16-9-14(13)7-12/h3-5,7,16H,2,6,8-10H2,1H3. The molecule has 3 rings (SSSR count). The molecule has 1 aromatic carbocycles. The van der Waals surface area contributed by atoms with Crippen LogP contribution in [0.5, 0.6) is 0 Å². The first kappa shape index (κ1) is 11.5. The van der Waals surface area contributed by atoms with Crippen molar-refractivity contribution in [2.45, 2.75) is 26.4 Å². The molecule has 0 unspecified atom stereocenters. The lowest BCUT2D eigenvalue weighted by molar-refractivity contribution is 0.0766. The first-order chi connectivity index (χ1) is 8.74. The Morgan fingerprint density at radius 2 is 2.11 bits per heavy atom. The molecule has 18 heavy (non-hydrogen) atoms. The minimum atomic E-state index is 0.164. The fourth-order valence-corrected chi connectivity index (χ4v) is 2.70. The van der Waals surface area contributed by atoms with E-state index < -0.39 is 0 Å². The molecule has 3 heteroatoms. The summed E-state index contributed by atoms with van der Waals surface area (Å²) in [6, 6.07) is 6.09. The zero-order valence-corrected chi connectivity index (χ0v) is 10.7. The number of nitrogens with one attached hydrogen (secondary N) is 1. The van der Waals surface area contributed by atoms with Crippen LogP contribution in [0.1, 0.15) is 34.8 Å². The van der Waals surface area contributed by atoms with Crippen molar-refractivity contribution in [2.75, 3.05) is 13.1 Å². The Morgan fingerprint density at radius 1 is 1.28 bits per heavy atom. The SMILES string of the molecule is CC1=CCCN(C(=O)c2ccc3c(c2)CNC3)C1. The van der Waals surface area contributed by atoms with Gasteiger partial charge < -0.3 is 10.2 Å². The molecule has 94 valence electrons. The topological polar surface area (TPSA) is 32.3 Å². The molecule has 1 aromatic rings. The van der Waals surface area contributed by atoms with E-state index in [-0.39, 0.29) is 5.91 Å². The van der Waals surface area contributed by atoms with Gasteiger partial charge in [0.05, 0.1) is 0 Å². The molecule has 2 aliphatic rings. The molecule has 0 spiro atoms. The van der Waals surface area contributed by atoms with Crippen LogP contribution < -0.4 is 5.32 Å². The van der Waals surface area contributed by atoms with E-state index in [0.717, 1.165) is 38.2 Å². The van der Waals surface area contributed by atoms with E-state index in [1.54, 1.807) is 0 Å². The molecule has 1 N–H and O–H groups in total. The van der Waals surface area contributed by atoms with E-state index in [1.807, 2.05) is 17.0 Å². The number of nitrogens with zero attached hydrogens (tertiary/aromatic N) is 1. The highest BCUT2D eigenvalue weighted by Crippen LogP contribution is 2.19. The van der Waals surface area contributed by atoms with Gasteiger partial charge in [0.25, 0.3) is 5.91 Å². The maximum Gasteiger partial charge on any atom is 0.254 e. The van der Waals surface area contributed by atoms with E-state index in [1.165, 1.54) is 16.7 Å². The summed E-state index contributed by atoms with van der Waals surface area (Å²) in [6.07, 6.45) is 3.19. The van der Waals surface area contributed by atoms with Crippen LogP contribution in [-0.4, -0.2) is 23.9 Å². The second-order valence-electron chi connectivity index (χ2n) is 5.15. The lowest BCUT2D eigenvalue weighted by atomic mass is 10.0. The van der Waals surface area contributed by atoms with Crippen molar-refractivity contribution in [3.8, 4) is 0 Å². The average molecular weight is 242 g/mol. The summed E-state index contributed by atoms with van der Waals surface area (Å²) in [5, 5.41) is 3.31. The molecule has 0 saturated heterocycles. The number of carbonyl (C=O) groups is 1. The van der Waals surface area contributed by atoms with E-state index in [9.17, 15) is 4.79 Å². The summed E-state index contributed by atoms with van der Waals surface area (Å²) in [4.78, 5) is 14.4. The van der Waals surface area contributed by atoms with Crippen LogP contribution in [0.15, 0.2) is 29.8 Å². The highest BCUT2D eigenvalue weighted by Gasteiger charge is 2.20. The summed E-state index contributed by atoms with van der Waals surface area (Å²) >= 11 is 0. The number of benzene rings is 1. The lowest BCUT2D eigenvalue weighted by Crippen LogP contribution is -2.35. The zero-order chi connectivity index (χ0) is 12.5. The fraction of sp³-hybridized carbons (Fsp3) is 0.400. The highest BCUT2D eigenvalue weighted by molar-refractivity contribution is 5.94. The normalized spacial score (nSPS) is 18.5. The number of carbonyl (C=O) groups excluding carboxylic acids is 1. The van der Waals surface area contributed by atoms with Gasteiger partial charge in [0.1, 0.15) is 0 Å². The molecule has 0 radical (unpaired) electrons. The van der Waals surface area contributed by atoms with Crippen molar-refractivity contribution in [2.24, 2.45) is 0 Å². The van der Waals surface area contributed by atoms with E-state index in [0.29, 0.717) is 0 Å². The minimum Gasteiger partial charge on any atom is -0.334 e. The van der Waals surface area contributed by atoms with E-state index in [2.05, 4.69) is 24.4 Å².